The lowest BCUT2D eigenvalue weighted by Crippen LogP contribution is -2.36. The number of allylic oxidation sites excluding steroid dienone is 3. The topological polar surface area (TPSA) is 40.5 Å². The fourth-order valence-electron chi connectivity index (χ4n) is 6.56. The van der Waals surface area contributed by atoms with Crippen LogP contribution in [0.2, 0.25) is 0 Å². The van der Waals surface area contributed by atoms with Gasteiger partial charge in [0.1, 0.15) is 0 Å². The molecule has 2 nitrogen and oxygen atoms in total. The van der Waals surface area contributed by atoms with Gasteiger partial charge < -0.3 is 10.2 Å². The zero-order valence-electron chi connectivity index (χ0n) is 18.4. The van der Waals surface area contributed by atoms with Gasteiger partial charge in [-0.2, -0.15) is 0 Å². The van der Waals surface area contributed by atoms with Crippen LogP contribution >= 0.6 is 0 Å². The zero-order chi connectivity index (χ0) is 20.3. The molecule has 1 unspecified atom stereocenters. The Hall–Kier alpha value is -0.860. The number of fused-ring (bicyclic) bond motifs is 1. The van der Waals surface area contributed by atoms with Crippen LogP contribution in [-0.2, 0) is 0 Å². The molecule has 0 spiro atoms. The maximum Gasteiger partial charge on any atom is 0.0809 e. The Labute approximate surface area is 172 Å². The molecule has 3 rings (SSSR count). The maximum absolute atomic E-state index is 10.1. The second kappa shape index (κ2) is 9.30. The number of aliphatic hydroxyl groups excluding tert-OH is 2. The summed E-state index contributed by atoms with van der Waals surface area (Å²) in [6.07, 6.45) is 16.7. The van der Waals surface area contributed by atoms with Crippen LogP contribution in [0.5, 0.6) is 0 Å². The Bertz CT molecular complexity index is 600. The van der Waals surface area contributed by atoms with Gasteiger partial charge in [-0.05, 0) is 73.7 Å². The fraction of sp³-hybridized carbons (Fsp3) is 0.769. The third kappa shape index (κ3) is 4.49. The minimum absolute atomic E-state index is 0.466. The molecule has 3 aliphatic carbocycles. The van der Waals surface area contributed by atoms with Gasteiger partial charge in [0.25, 0.3) is 0 Å². The highest BCUT2D eigenvalue weighted by Gasteiger charge is 2.50. The molecule has 0 bridgehead atoms. The molecule has 2 N–H and O–H groups in total. The van der Waals surface area contributed by atoms with Crippen molar-refractivity contribution < 1.29 is 10.2 Å². The Kier molecular flexibility index (Phi) is 7.26. The molecule has 6 atom stereocenters. The van der Waals surface area contributed by atoms with Crippen molar-refractivity contribution in [2.45, 2.75) is 104 Å². The lowest BCUT2D eigenvalue weighted by Gasteiger charge is -2.44. The van der Waals surface area contributed by atoms with Crippen molar-refractivity contribution in [3.8, 4) is 0 Å². The highest BCUT2D eigenvalue weighted by Crippen LogP contribution is 2.59. The lowest BCUT2D eigenvalue weighted by molar-refractivity contribution is 0.0932. The molecule has 0 amide bonds. The Balaban J connectivity index is 1.70. The summed E-state index contributed by atoms with van der Waals surface area (Å²) in [6.45, 7) is 11.2. The van der Waals surface area contributed by atoms with Gasteiger partial charge in [0.05, 0.1) is 12.2 Å². The molecule has 28 heavy (non-hydrogen) atoms. The smallest absolute Gasteiger partial charge is 0.0809 e. The molecule has 3 aliphatic rings. The summed E-state index contributed by atoms with van der Waals surface area (Å²) in [6, 6.07) is 0. The molecule has 0 aromatic rings. The van der Waals surface area contributed by atoms with E-state index in [-0.39, 0.29) is 0 Å². The van der Waals surface area contributed by atoms with E-state index in [2.05, 4.69) is 39.5 Å². The van der Waals surface area contributed by atoms with Crippen molar-refractivity contribution in [1.29, 1.82) is 0 Å². The largest absolute Gasteiger partial charge is 0.388 e. The van der Waals surface area contributed by atoms with Crippen molar-refractivity contribution in [2.75, 3.05) is 0 Å². The number of unbranched alkanes of at least 4 members (excludes halogenated alkanes) is 2. The normalized spacial score (nSPS) is 38.5. The van der Waals surface area contributed by atoms with E-state index in [0.29, 0.717) is 23.8 Å². The highest BCUT2D eigenvalue weighted by molar-refractivity contribution is 5.29. The van der Waals surface area contributed by atoms with Gasteiger partial charge in [0, 0.05) is 0 Å². The summed E-state index contributed by atoms with van der Waals surface area (Å²) >= 11 is 0. The minimum Gasteiger partial charge on any atom is -0.388 e. The van der Waals surface area contributed by atoms with E-state index in [1.165, 1.54) is 57.8 Å². The number of hydrogen-bond acceptors (Lipinski definition) is 2. The van der Waals surface area contributed by atoms with Crippen LogP contribution in [0.4, 0.5) is 0 Å². The van der Waals surface area contributed by atoms with Crippen molar-refractivity contribution >= 4 is 0 Å². The third-order valence-electron chi connectivity index (χ3n) is 8.29. The summed E-state index contributed by atoms with van der Waals surface area (Å²) in [5.74, 6) is 2.44. The van der Waals surface area contributed by atoms with Crippen LogP contribution in [0.3, 0.4) is 0 Å². The predicted octanol–water partition coefficient (Wildman–Crippen LogP) is 6.34. The lowest BCUT2D eigenvalue weighted by atomic mass is 9.60. The summed E-state index contributed by atoms with van der Waals surface area (Å²) in [5, 5.41) is 20.2. The summed E-state index contributed by atoms with van der Waals surface area (Å²) in [4.78, 5) is 0. The molecule has 3 saturated carbocycles. The van der Waals surface area contributed by atoms with Crippen molar-refractivity contribution in [2.24, 2.45) is 23.2 Å². The Morgan fingerprint density at radius 1 is 1.14 bits per heavy atom. The predicted molar refractivity (Wildman–Crippen MR) is 118 cm³/mol. The van der Waals surface area contributed by atoms with Gasteiger partial charge in [-0.15, -0.1) is 0 Å². The zero-order valence-corrected chi connectivity index (χ0v) is 18.4. The highest BCUT2D eigenvalue weighted by atomic mass is 16.3. The van der Waals surface area contributed by atoms with Gasteiger partial charge in [-0.3, -0.25) is 0 Å². The first-order chi connectivity index (χ1) is 13.4. The molecular formula is C26H42O2. The molecule has 3 fully saturated rings. The molecule has 2 heteroatoms. The molecule has 0 aromatic heterocycles. The van der Waals surface area contributed by atoms with E-state index in [4.69, 9.17) is 0 Å². The summed E-state index contributed by atoms with van der Waals surface area (Å²) in [7, 11) is 0. The van der Waals surface area contributed by atoms with Crippen molar-refractivity contribution in [1.82, 2.24) is 0 Å². The minimum atomic E-state index is -0.593. The van der Waals surface area contributed by atoms with Crippen molar-refractivity contribution in [3.05, 3.63) is 35.5 Å². The van der Waals surface area contributed by atoms with E-state index in [9.17, 15) is 10.2 Å². The van der Waals surface area contributed by atoms with Crippen LogP contribution in [0, 0.1) is 23.2 Å². The van der Waals surface area contributed by atoms with Crippen LogP contribution in [0.25, 0.3) is 0 Å². The average molecular weight is 387 g/mol. The Morgan fingerprint density at radius 2 is 1.86 bits per heavy atom. The standard InChI is InChI=1S/C26H42O2/c1-5-6-7-9-18(2)22-13-14-23-21(10-8-15-26(22,23)4)12-11-20-16-24(27)19(3)25(28)17-20/h11-12,18,22-25,27-28H,3,5-10,13-17H2,1-2,4H3/b21-12+/t18-,22?,23+,24-,25-,26-/m1/s1. The summed E-state index contributed by atoms with van der Waals surface area (Å²) < 4.78 is 0. The second-order valence-electron chi connectivity index (χ2n) is 10.2. The fourth-order valence-corrected chi connectivity index (χ4v) is 6.56. The van der Waals surface area contributed by atoms with Crippen LogP contribution in [0.15, 0.2) is 35.5 Å². The second-order valence-corrected chi connectivity index (χ2v) is 10.2. The molecule has 0 radical (unpaired) electrons. The van der Waals surface area contributed by atoms with E-state index < -0.39 is 12.2 Å². The van der Waals surface area contributed by atoms with E-state index in [1.54, 1.807) is 5.57 Å². The van der Waals surface area contributed by atoms with E-state index >= 15 is 0 Å². The molecular weight excluding hydrogens is 344 g/mol. The quantitative estimate of drug-likeness (QED) is 0.413. The van der Waals surface area contributed by atoms with Crippen molar-refractivity contribution in [3.63, 3.8) is 0 Å². The SMILES string of the molecule is C=C1[C@H](O)CC(=C/C=C2\CCC[C@]3(C)C([C@H](C)CCCCC)CC[C@@H]23)C[C@H]1O. The van der Waals surface area contributed by atoms with E-state index in [1.807, 2.05) is 0 Å². The Morgan fingerprint density at radius 3 is 2.54 bits per heavy atom. The molecule has 158 valence electrons. The molecule has 0 heterocycles. The third-order valence-corrected chi connectivity index (χ3v) is 8.29. The number of hydrogen-bond donors (Lipinski definition) is 2. The molecule has 0 saturated heterocycles. The number of aliphatic hydroxyl groups is 2. The first kappa shape index (κ1) is 21.8. The van der Waals surface area contributed by atoms with Gasteiger partial charge in [0.15, 0.2) is 0 Å². The van der Waals surface area contributed by atoms with Gasteiger partial charge in [0.2, 0.25) is 0 Å². The van der Waals surface area contributed by atoms with Gasteiger partial charge in [-0.1, -0.05) is 76.3 Å². The van der Waals surface area contributed by atoms with Crippen LogP contribution in [0.1, 0.15) is 91.4 Å². The molecule has 0 aromatic carbocycles. The van der Waals surface area contributed by atoms with Gasteiger partial charge >= 0.3 is 0 Å². The van der Waals surface area contributed by atoms with Crippen LogP contribution < -0.4 is 0 Å². The number of rotatable bonds is 6. The molecule has 0 aliphatic heterocycles. The average Bonchev–Trinajstić information content (AvgIpc) is 3.02. The first-order valence-electron chi connectivity index (χ1n) is 11.8. The first-order valence-corrected chi connectivity index (χ1v) is 11.8. The van der Waals surface area contributed by atoms with Gasteiger partial charge in [-0.25, -0.2) is 0 Å². The van der Waals surface area contributed by atoms with E-state index in [0.717, 1.165) is 23.3 Å². The maximum atomic E-state index is 10.1. The van der Waals surface area contributed by atoms with Crippen LogP contribution in [-0.4, -0.2) is 22.4 Å². The summed E-state index contributed by atoms with van der Waals surface area (Å²) in [5.41, 5.74) is 3.83. The monoisotopic (exact) mass is 386 g/mol.